The number of rotatable bonds is 4. The summed E-state index contributed by atoms with van der Waals surface area (Å²) in [5, 5.41) is 0. The normalized spacial score (nSPS) is 19.5. The Hall–Kier alpha value is -3.42. The molecule has 0 spiro atoms. The average Bonchev–Trinajstić information content (AvgIpc) is 3.50. The predicted octanol–water partition coefficient (Wildman–Crippen LogP) is 2.83. The molecule has 3 aromatic rings. The number of pyridine rings is 1. The summed E-state index contributed by atoms with van der Waals surface area (Å²) in [6.45, 7) is 2.59. The van der Waals surface area contributed by atoms with Crippen molar-refractivity contribution in [1.82, 2.24) is 24.8 Å². The molecule has 2 amide bonds. The number of amides is 2. The van der Waals surface area contributed by atoms with Gasteiger partial charge in [-0.25, -0.2) is 9.97 Å². The van der Waals surface area contributed by atoms with Gasteiger partial charge in [0.15, 0.2) is 5.65 Å². The first-order valence-electron chi connectivity index (χ1n) is 11.2. The fourth-order valence-corrected chi connectivity index (χ4v) is 4.82. The first kappa shape index (κ1) is 20.5. The molecule has 1 unspecified atom stereocenters. The maximum atomic E-state index is 13.2. The monoisotopic (exact) mass is 433 g/mol. The lowest BCUT2D eigenvalue weighted by Crippen LogP contribution is -2.44. The molecular weight excluding hydrogens is 406 g/mol. The highest BCUT2D eigenvalue weighted by molar-refractivity contribution is 5.97. The van der Waals surface area contributed by atoms with Crippen LogP contribution in [0.4, 0.5) is 0 Å². The van der Waals surface area contributed by atoms with Gasteiger partial charge in [-0.15, -0.1) is 0 Å². The molecule has 5 rings (SSSR count). The molecule has 0 saturated carbocycles. The maximum Gasteiger partial charge on any atom is 0.257 e. The predicted molar refractivity (Wildman–Crippen MR) is 119 cm³/mol. The number of aromatic amines is 1. The van der Waals surface area contributed by atoms with E-state index < -0.39 is 0 Å². The lowest BCUT2D eigenvalue weighted by atomic mass is 9.94. The van der Waals surface area contributed by atoms with E-state index in [-0.39, 0.29) is 23.7 Å². The Morgan fingerprint density at radius 2 is 1.81 bits per heavy atom. The van der Waals surface area contributed by atoms with Gasteiger partial charge in [-0.2, -0.15) is 0 Å². The highest BCUT2D eigenvalue weighted by Gasteiger charge is 2.35. The number of imidazole rings is 1. The Balaban J connectivity index is 1.18. The number of carbonyl (C=O) groups excluding carboxylic acids is 2. The standard InChI is InChI=1S/C24H27N5O3/c1-32-20-7-3-2-5-18(20)24(31)28-12-8-16(9-13-28)23(30)29-14-10-17(15-29)21-26-19-6-4-11-25-22(19)27-21/h2-7,11,16-17H,8-10,12-15H2,1H3,(H,25,26,27). The third-order valence-electron chi connectivity index (χ3n) is 6.63. The largest absolute Gasteiger partial charge is 0.496 e. The smallest absolute Gasteiger partial charge is 0.257 e. The van der Waals surface area contributed by atoms with Crippen LogP contribution in [0, 0.1) is 5.92 Å². The van der Waals surface area contributed by atoms with Crippen molar-refractivity contribution in [1.29, 1.82) is 0 Å². The molecule has 2 fully saturated rings. The number of carbonyl (C=O) groups is 2. The number of aromatic nitrogens is 3. The fourth-order valence-electron chi connectivity index (χ4n) is 4.82. The molecule has 2 aliphatic heterocycles. The van der Waals surface area contributed by atoms with Gasteiger partial charge in [0, 0.05) is 44.2 Å². The van der Waals surface area contributed by atoms with Gasteiger partial charge in [-0.1, -0.05) is 12.1 Å². The summed E-state index contributed by atoms with van der Waals surface area (Å²) >= 11 is 0. The lowest BCUT2D eigenvalue weighted by Gasteiger charge is -2.33. The second-order valence-corrected chi connectivity index (χ2v) is 8.53. The van der Waals surface area contributed by atoms with Crippen LogP contribution in [0.25, 0.3) is 11.2 Å². The van der Waals surface area contributed by atoms with Crippen LogP contribution in [0.5, 0.6) is 5.75 Å². The molecule has 8 heteroatoms. The number of piperidine rings is 1. The SMILES string of the molecule is COc1ccccc1C(=O)N1CCC(C(=O)N2CCC(c3nc4ncccc4[nH]3)C2)CC1. The molecule has 0 aliphatic carbocycles. The molecule has 32 heavy (non-hydrogen) atoms. The molecular formula is C24H27N5O3. The topological polar surface area (TPSA) is 91.4 Å². The number of nitrogens with one attached hydrogen (secondary N) is 1. The van der Waals surface area contributed by atoms with E-state index in [1.807, 2.05) is 34.1 Å². The summed E-state index contributed by atoms with van der Waals surface area (Å²) in [6, 6.07) is 11.1. The van der Waals surface area contributed by atoms with Crippen molar-refractivity contribution < 1.29 is 14.3 Å². The van der Waals surface area contributed by atoms with E-state index in [2.05, 4.69) is 15.0 Å². The summed E-state index contributed by atoms with van der Waals surface area (Å²) < 4.78 is 5.33. The molecule has 1 atom stereocenters. The summed E-state index contributed by atoms with van der Waals surface area (Å²) in [5.74, 6) is 1.83. The molecule has 1 N–H and O–H groups in total. The minimum atomic E-state index is -0.0344. The van der Waals surface area contributed by atoms with Gasteiger partial charge in [0.05, 0.1) is 18.2 Å². The summed E-state index contributed by atoms with van der Waals surface area (Å²) in [7, 11) is 1.57. The molecule has 2 aliphatic rings. The fraction of sp³-hybridized carbons (Fsp3) is 0.417. The molecule has 4 heterocycles. The number of benzene rings is 1. The molecule has 8 nitrogen and oxygen atoms in total. The number of nitrogens with zero attached hydrogens (tertiary/aromatic N) is 4. The van der Waals surface area contributed by atoms with E-state index in [1.165, 1.54) is 0 Å². The van der Waals surface area contributed by atoms with Crippen molar-refractivity contribution in [2.45, 2.75) is 25.2 Å². The zero-order chi connectivity index (χ0) is 22.1. The third kappa shape index (κ3) is 3.81. The number of fused-ring (bicyclic) bond motifs is 1. The van der Waals surface area contributed by atoms with Gasteiger partial charge in [-0.05, 0) is 43.5 Å². The Morgan fingerprint density at radius 1 is 1.03 bits per heavy atom. The lowest BCUT2D eigenvalue weighted by molar-refractivity contribution is -0.135. The van der Waals surface area contributed by atoms with Gasteiger partial charge in [-0.3, -0.25) is 9.59 Å². The second-order valence-electron chi connectivity index (χ2n) is 8.53. The van der Waals surface area contributed by atoms with Crippen molar-refractivity contribution >= 4 is 23.0 Å². The summed E-state index contributed by atoms with van der Waals surface area (Å²) in [6.07, 6.45) is 4.02. The number of ether oxygens (including phenoxy) is 1. The van der Waals surface area contributed by atoms with Crippen LogP contribution < -0.4 is 4.74 Å². The quantitative estimate of drug-likeness (QED) is 0.683. The van der Waals surface area contributed by atoms with Gasteiger partial charge in [0.25, 0.3) is 5.91 Å². The van der Waals surface area contributed by atoms with Gasteiger partial charge in [0.2, 0.25) is 5.91 Å². The van der Waals surface area contributed by atoms with Crippen LogP contribution in [0.2, 0.25) is 0 Å². The zero-order valence-electron chi connectivity index (χ0n) is 18.2. The van der Waals surface area contributed by atoms with E-state index >= 15 is 0 Å². The van der Waals surface area contributed by atoms with Crippen molar-refractivity contribution in [2.75, 3.05) is 33.3 Å². The molecule has 0 radical (unpaired) electrons. The van der Waals surface area contributed by atoms with Crippen LogP contribution in [0.3, 0.4) is 0 Å². The number of H-pyrrole nitrogens is 1. The number of likely N-dealkylation sites (tertiary alicyclic amines) is 2. The Kier molecular flexibility index (Phi) is 5.51. The molecule has 0 bridgehead atoms. The van der Waals surface area contributed by atoms with E-state index in [1.54, 1.807) is 25.4 Å². The van der Waals surface area contributed by atoms with Crippen LogP contribution >= 0.6 is 0 Å². The first-order chi connectivity index (χ1) is 15.6. The maximum absolute atomic E-state index is 13.2. The molecule has 2 saturated heterocycles. The minimum absolute atomic E-state index is 0.0342. The molecule has 166 valence electrons. The first-order valence-corrected chi connectivity index (χ1v) is 11.2. The number of para-hydroxylation sites is 1. The van der Waals surface area contributed by atoms with E-state index in [9.17, 15) is 9.59 Å². The Labute approximate surface area is 186 Å². The van der Waals surface area contributed by atoms with Crippen molar-refractivity contribution in [3.05, 3.63) is 54.0 Å². The average molecular weight is 434 g/mol. The molecule has 1 aromatic carbocycles. The summed E-state index contributed by atoms with van der Waals surface area (Å²) in [5.41, 5.74) is 2.22. The van der Waals surface area contributed by atoms with Crippen LogP contribution in [-0.4, -0.2) is 69.9 Å². The highest BCUT2D eigenvalue weighted by atomic mass is 16.5. The highest BCUT2D eigenvalue weighted by Crippen LogP contribution is 2.30. The van der Waals surface area contributed by atoms with E-state index in [4.69, 9.17) is 4.74 Å². The zero-order valence-corrected chi connectivity index (χ0v) is 18.2. The van der Waals surface area contributed by atoms with Gasteiger partial charge >= 0.3 is 0 Å². The second kappa shape index (κ2) is 8.61. The van der Waals surface area contributed by atoms with Gasteiger partial charge in [0.1, 0.15) is 11.6 Å². The minimum Gasteiger partial charge on any atom is -0.496 e. The number of methoxy groups -OCH3 is 1. The van der Waals surface area contributed by atoms with Crippen LogP contribution in [-0.2, 0) is 4.79 Å². The van der Waals surface area contributed by atoms with E-state index in [0.717, 1.165) is 30.0 Å². The van der Waals surface area contributed by atoms with Crippen LogP contribution in [0.1, 0.15) is 41.4 Å². The number of hydrogen-bond donors (Lipinski definition) is 1. The van der Waals surface area contributed by atoms with Crippen molar-refractivity contribution in [2.24, 2.45) is 5.92 Å². The summed E-state index contributed by atoms with van der Waals surface area (Å²) in [4.78, 5) is 42.1. The van der Waals surface area contributed by atoms with Crippen molar-refractivity contribution in [3.63, 3.8) is 0 Å². The van der Waals surface area contributed by atoms with E-state index in [0.29, 0.717) is 43.8 Å². The Bertz CT molecular complexity index is 1100. The third-order valence-corrected chi connectivity index (χ3v) is 6.63. The number of hydrogen-bond acceptors (Lipinski definition) is 5. The Morgan fingerprint density at radius 3 is 2.59 bits per heavy atom. The van der Waals surface area contributed by atoms with Crippen molar-refractivity contribution in [3.8, 4) is 5.75 Å². The molecule has 2 aromatic heterocycles. The van der Waals surface area contributed by atoms with Crippen LogP contribution in [0.15, 0.2) is 42.6 Å². The van der Waals surface area contributed by atoms with Gasteiger partial charge < -0.3 is 19.5 Å².